The van der Waals surface area contributed by atoms with Crippen molar-refractivity contribution >= 4 is 17.3 Å². The summed E-state index contributed by atoms with van der Waals surface area (Å²) in [5, 5.41) is 8.82. The van der Waals surface area contributed by atoms with Crippen LogP contribution < -0.4 is 10.6 Å². The van der Waals surface area contributed by atoms with Crippen molar-refractivity contribution in [3.05, 3.63) is 22.4 Å². The van der Waals surface area contributed by atoms with Crippen molar-refractivity contribution in [2.45, 2.75) is 51.0 Å². The topological polar surface area (TPSA) is 45.7 Å². The Bertz CT molecular complexity index is 414. The third kappa shape index (κ3) is 6.79. The van der Waals surface area contributed by atoms with Crippen molar-refractivity contribution < 1.29 is 4.74 Å². The fourth-order valence-corrected chi connectivity index (χ4v) is 3.45. The van der Waals surface area contributed by atoms with E-state index >= 15 is 0 Å². The van der Waals surface area contributed by atoms with Crippen molar-refractivity contribution in [1.29, 1.82) is 0 Å². The fourth-order valence-electron chi connectivity index (χ4n) is 2.74. The molecule has 0 aliphatic heterocycles. The summed E-state index contributed by atoms with van der Waals surface area (Å²) in [5.41, 5.74) is 0. The van der Waals surface area contributed by atoms with E-state index < -0.39 is 0 Å². The molecule has 1 aromatic heterocycles. The summed E-state index contributed by atoms with van der Waals surface area (Å²) in [7, 11) is 1.82. The molecule has 0 aromatic carbocycles. The lowest BCUT2D eigenvalue weighted by atomic mass is 9.98. The van der Waals surface area contributed by atoms with Gasteiger partial charge in [-0.1, -0.05) is 25.3 Å². The molecule has 0 unspecified atom stereocenters. The van der Waals surface area contributed by atoms with Gasteiger partial charge in [0.2, 0.25) is 0 Å². The predicted molar refractivity (Wildman–Crippen MR) is 94.8 cm³/mol. The largest absolute Gasteiger partial charge is 0.378 e. The zero-order chi connectivity index (χ0) is 15.5. The van der Waals surface area contributed by atoms with Gasteiger partial charge in [0.15, 0.2) is 5.96 Å². The highest BCUT2D eigenvalue weighted by molar-refractivity contribution is 7.09. The maximum Gasteiger partial charge on any atom is 0.190 e. The van der Waals surface area contributed by atoms with Crippen LogP contribution in [-0.4, -0.2) is 38.8 Å². The van der Waals surface area contributed by atoms with E-state index in [2.05, 4.69) is 33.1 Å². The van der Waals surface area contributed by atoms with Gasteiger partial charge in [0.05, 0.1) is 6.10 Å². The molecule has 2 rings (SSSR count). The van der Waals surface area contributed by atoms with Crippen LogP contribution in [0.5, 0.6) is 0 Å². The van der Waals surface area contributed by atoms with Crippen molar-refractivity contribution in [2.24, 2.45) is 4.99 Å². The SMILES string of the molecule is CN=C(NCCCOC1CCCCC1)NCCc1cccs1. The summed E-state index contributed by atoms with van der Waals surface area (Å²) in [6.45, 7) is 2.67. The minimum absolute atomic E-state index is 0.511. The summed E-state index contributed by atoms with van der Waals surface area (Å²) in [4.78, 5) is 5.66. The van der Waals surface area contributed by atoms with E-state index in [1.165, 1.54) is 37.0 Å². The zero-order valence-corrected chi connectivity index (χ0v) is 14.5. The van der Waals surface area contributed by atoms with E-state index in [1.807, 2.05) is 7.05 Å². The minimum atomic E-state index is 0.511. The van der Waals surface area contributed by atoms with Crippen LogP contribution in [0.3, 0.4) is 0 Å². The molecule has 22 heavy (non-hydrogen) atoms. The number of ether oxygens (including phenoxy) is 1. The van der Waals surface area contributed by atoms with Crippen LogP contribution in [0.15, 0.2) is 22.5 Å². The van der Waals surface area contributed by atoms with Gasteiger partial charge in [-0.2, -0.15) is 0 Å². The first kappa shape index (κ1) is 17.3. The summed E-state index contributed by atoms with van der Waals surface area (Å²) in [6.07, 6.45) is 9.14. The Morgan fingerprint density at radius 3 is 2.82 bits per heavy atom. The van der Waals surface area contributed by atoms with Gasteiger partial charge in [-0.3, -0.25) is 4.99 Å². The molecule has 1 aliphatic rings. The van der Waals surface area contributed by atoms with Crippen molar-refractivity contribution in [1.82, 2.24) is 10.6 Å². The molecule has 0 bridgehead atoms. The van der Waals surface area contributed by atoms with E-state index in [0.717, 1.165) is 38.5 Å². The Hall–Kier alpha value is -1.07. The Morgan fingerprint density at radius 2 is 2.09 bits per heavy atom. The quantitative estimate of drug-likeness (QED) is 0.439. The number of rotatable bonds is 8. The van der Waals surface area contributed by atoms with E-state index in [0.29, 0.717) is 6.10 Å². The number of hydrogen-bond acceptors (Lipinski definition) is 3. The van der Waals surface area contributed by atoms with Gasteiger partial charge in [0, 0.05) is 31.6 Å². The molecule has 1 heterocycles. The van der Waals surface area contributed by atoms with Crippen LogP contribution in [0, 0.1) is 0 Å². The second-order valence-electron chi connectivity index (χ2n) is 5.74. The van der Waals surface area contributed by atoms with Gasteiger partial charge >= 0.3 is 0 Å². The Balaban J connectivity index is 1.48. The normalized spacial score (nSPS) is 16.7. The highest BCUT2D eigenvalue weighted by atomic mass is 32.1. The molecule has 2 N–H and O–H groups in total. The van der Waals surface area contributed by atoms with Gasteiger partial charge < -0.3 is 15.4 Å². The summed E-state index contributed by atoms with van der Waals surface area (Å²) in [5.74, 6) is 0.884. The molecule has 124 valence electrons. The number of guanidine groups is 1. The Kier molecular flexibility index (Phi) is 8.35. The Labute approximate surface area is 138 Å². The highest BCUT2D eigenvalue weighted by Crippen LogP contribution is 2.20. The predicted octanol–water partition coefficient (Wildman–Crippen LogP) is 3.20. The molecule has 0 atom stereocenters. The molecule has 1 aliphatic carbocycles. The third-order valence-corrected chi connectivity index (χ3v) is 4.92. The molecule has 1 aromatic rings. The van der Waals surface area contributed by atoms with Crippen LogP contribution in [0.25, 0.3) is 0 Å². The second-order valence-corrected chi connectivity index (χ2v) is 6.77. The van der Waals surface area contributed by atoms with Gasteiger partial charge in [0.25, 0.3) is 0 Å². The van der Waals surface area contributed by atoms with Crippen LogP contribution in [0.4, 0.5) is 0 Å². The van der Waals surface area contributed by atoms with Gasteiger partial charge in [0.1, 0.15) is 0 Å². The summed E-state index contributed by atoms with van der Waals surface area (Å²) < 4.78 is 5.93. The summed E-state index contributed by atoms with van der Waals surface area (Å²) in [6, 6.07) is 4.27. The lowest BCUT2D eigenvalue weighted by molar-refractivity contribution is 0.0277. The van der Waals surface area contributed by atoms with Crippen LogP contribution >= 0.6 is 11.3 Å². The molecule has 1 fully saturated rings. The van der Waals surface area contributed by atoms with E-state index in [9.17, 15) is 0 Å². The highest BCUT2D eigenvalue weighted by Gasteiger charge is 2.12. The molecule has 4 nitrogen and oxygen atoms in total. The fraction of sp³-hybridized carbons (Fsp3) is 0.706. The van der Waals surface area contributed by atoms with Crippen LogP contribution in [0.1, 0.15) is 43.4 Å². The van der Waals surface area contributed by atoms with Crippen molar-refractivity contribution in [3.63, 3.8) is 0 Å². The third-order valence-electron chi connectivity index (χ3n) is 3.99. The lowest BCUT2D eigenvalue weighted by Gasteiger charge is -2.22. The smallest absolute Gasteiger partial charge is 0.190 e. The van der Waals surface area contributed by atoms with Gasteiger partial charge in [-0.25, -0.2) is 0 Å². The van der Waals surface area contributed by atoms with E-state index in [-0.39, 0.29) is 0 Å². The average Bonchev–Trinajstić information content (AvgIpc) is 3.07. The van der Waals surface area contributed by atoms with E-state index in [4.69, 9.17) is 4.74 Å². The van der Waals surface area contributed by atoms with Crippen LogP contribution in [0.2, 0.25) is 0 Å². The first-order valence-electron chi connectivity index (χ1n) is 8.47. The van der Waals surface area contributed by atoms with Crippen molar-refractivity contribution in [3.8, 4) is 0 Å². The van der Waals surface area contributed by atoms with E-state index in [1.54, 1.807) is 11.3 Å². The second kappa shape index (κ2) is 10.6. The molecule has 0 amide bonds. The van der Waals surface area contributed by atoms with Crippen molar-refractivity contribution in [2.75, 3.05) is 26.7 Å². The molecular formula is C17H29N3OS. The molecule has 0 radical (unpaired) electrons. The summed E-state index contributed by atoms with van der Waals surface area (Å²) >= 11 is 1.80. The standard InChI is InChI=1S/C17H29N3OS/c1-18-17(20-12-10-16-9-5-14-22-16)19-11-6-13-21-15-7-3-2-4-8-15/h5,9,14-15H,2-4,6-8,10-13H2,1H3,(H2,18,19,20). The molecule has 0 saturated heterocycles. The molecule has 0 spiro atoms. The molecule has 1 saturated carbocycles. The molecule has 5 heteroatoms. The lowest BCUT2D eigenvalue weighted by Crippen LogP contribution is -2.39. The zero-order valence-electron chi connectivity index (χ0n) is 13.6. The average molecular weight is 324 g/mol. The number of nitrogens with one attached hydrogen (secondary N) is 2. The van der Waals surface area contributed by atoms with Crippen LogP contribution in [-0.2, 0) is 11.2 Å². The van der Waals surface area contributed by atoms with Gasteiger partial charge in [-0.05, 0) is 37.1 Å². The number of nitrogens with zero attached hydrogens (tertiary/aromatic N) is 1. The minimum Gasteiger partial charge on any atom is -0.378 e. The maximum absolute atomic E-state index is 5.93. The number of hydrogen-bond donors (Lipinski definition) is 2. The first-order valence-corrected chi connectivity index (χ1v) is 9.35. The number of aliphatic imine (C=N–C) groups is 1. The maximum atomic E-state index is 5.93. The molecular weight excluding hydrogens is 294 g/mol. The van der Waals surface area contributed by atoms with Gasteiger partial charge in [-0.15, -0.1) is 11.3 Å². The number of thiophene rings is 1. The monoisotopic (exact) mass is 323 g/mol. The Morgan fingerprint density at radius 1 is 1.27 bits per heavy atom. The first-order chi connectivity index (χ1) is 10.9.